The predicted molar refractivity (Wildman–Crippen MR) is 79.7 cm³/mol. The Morgan fingerprint density at radius 3 is 2.62 bits per heavy atom. The molecule has 0 radical (unpaired) electrons. The SMILES string of the molecule is COc1cc2c(cc1F)[nH]c(=S)n2-c1ccc(F)cc1C. The van der Waals surface area contributed by atoms with Gasteiger partial charge in [0.05, 0.1) is 23.8 Å². The fraction of sp³-hybridized carbons (Fsp3) is 0.133. The van der Waals surface area contributed by atoms with Crippen molar-refractivity contribution in [2.45, 2.75) is 6.92 Å². The maximum absolute atomic E-state index is 13.8. The number of H-pyrrole nitrogens is 1. The summed E-state index contributed by atoms with van der Waals surface area (Å²) in [6.45, 7) is 1.79. The highest BCUT2D eigenvalue weighted by Crippen LogP contribution is 2.28. The molecule has 1 N–H and O–H groups in total. The second-order valence-electron chi connectivity index (χ2n) is 4.70. The number of hydrogen-bond acceptors (Lipinski definition) is 2. The summed E-state index contributed by atoms with van der Waals surface area (Å²) in [6, 6.07) is 7.34. The van der Waals surface area contributed by atoms with Crippen molar-refractivity contribution in [2.75, 3.05) is 7.11 Å². The molecule has 6 heteroatoms. The third-order valence-electron chi connectivity index (χ3n) is 3.36. The molecule has 1 heterocycles. The molecule has 0 aliphatic heterocycles. The predicted octanol–water partition coefficient (Wildman–Crippen LogP) is 4.28. The number of rotatable bonds is 2. The third-order valence-corrected chi connectivity index (χ3v) is 3.64. The maximum atomic E-state index is 13.8. The van der Waals surface area contributed by atoms with E-state index in [1.807, 2.05) is 0 Å². The fourth-order valence-electron chi connectivity index (χ4n) is 2.37. The van der Waals surface area contributed by atoms with Gasteiger partial charge in [-0.3, -0.25) is 4.57 Å². The number of aromatic amines is 1. The zero-order valence-corrected chi connectivity index (χ0v) is 12.2. The van der Waals surface area contributed by atoms with Crippen LogP contribution >= 0.6 is 12.2 Å². The summed E-state index contributed by atoms with van der Waals surface area (Å²) in [6.07, 6.45) is 0. The summed E-state index contributed by atoms with van der Waals surface area (Å²) in [5.41, 5.74) is 2.70. The van der Waals surface area contributed by atoms with Crippen LogP contribution in [-0.4, -0.2) is 16.7 Å². The number of hydrogen-bond donors (Lipinski definition) is 1. The van der Waals surface area contributed by atoms with E-state index >= 15 is 0 Å². The Hall–Kier alpha value is -2.21. The van der Waals surface area contributed by atoms with Crippen molar-refractivity contribution >= 4 is 23.3 Å². The van der Waals surface area contributed by atoms with Crippen molar-refractivity contribution < 1.29 is 13.5 Å². The quantitative estimate of drug-likeness (QED) is 0.716. The van der Waals surface area contributed by atoms with Gasteiger partial charge in [0.2, 0.25) is 0 Å². The molecule has 0 unspecified atom stereocenters. The summed E-state index contributed by atoms with van der Waals surface area (Å²) in [5.74, 6) is -0.652. The highest BCUT2D eigenvalue weighted by atomic mass is 32.1. The van der Waals surface area contributed by atoms with Gasteiger partial charge in [0.15, 0.2) is 16.3 Å². The number of nitrogens with one attached hydrogen (secondary N) is 1. The van der Waals surface area contributed by atoms with E-state index in [0.717, 1.165) is 11.3 Å². The average Bonchev–Trinajstić information content (AvgIpc) is 2.73. The molecule has 0 aliphatic rings. The van der Waals surface area contributed by atoms with Gasteiger partial charge < -0.3 is 9.72 Å². The highest BCUT2D eigenvalue weighted by Gasteiger charge is 2.13. The highest BCUT2D eigenvalue weighted by molar-refractivity contribution is 7.71. The molecular formula is C15H12F2N2OS. The van der Waals surface area contributed by atoms with Crippen LogP contribution in [0, 0.1) is 23.3 Å². The minimum Gasteiger partial charge on any atom is -0.494 e. The maximum Gasteiger partial charge on any atom is 0.182 e. The van der Waals surface area contributed by atoms with E-state index in [1.54, 1.807) is 23.6 Å². The van der Waals surface area contributed by atoms with Crippen LogP contribution in [0.5, 0.6) is 5.75 Å². The summed E-state index contributed by atoms with van der Waals surface area (Å²) >= 11 is 5.30. The zero-order chi connectivity index (χ0) is 15.1. The Morgan fingerprint density at radius 2 is 1.95 bits per heavy atom. The van der Waals surface area contributed by atoms with Crippen molar-refractivity contribution in [2.24, 2.45) is 0 Å². The largest absolute Gasteiger partial charge is 0.494 e. The molecule has 0 amide bonds. The van der Waals surface area contributed by atoms with Gasteiger partial charge in [0.1, 0.15) is 5.82 Å². The van der Waals surface area contributed by atoms with Crippen LogP contribution in [0.4, 0.5) is 8.78 Å². The lowest BCUT2D eigenvalue weighted by atomic mass is 10.2. The molecule has 0 aliphatic carbocycles. The van der Waals surface area contributed by atoms with Crippen LogP contribution < -0.4 is 4.74 Å². The second kappa shape index (κ2) is 4.96. The molecule has 2 aromatic carbocycles. The molecule has 0 atom stereocenters. The lowest BCUT2D eigenvalue weighted by Gasteiger charge is -2.09. The van der Waals surface area contributed by atoms with Crippen molar-refractivity contribution in [3.63, 3.8) is 0 Å². The number of benzene rings is 2. The van der Waals surface area contributed by atoms with E-state index in [1.165, 1.54) is 25.3 Å². The first-order valence-electron chi connectivity index (χ1n) is 6.26. The molecule has 1 aromatic heterocycles. The van der Waals surface area contributed by atoms with Crippen molar-refractivity contribution in [3.8, 4) is 11.4 Å². The van der Waals surface area contributed by atoms with Crippen molar-refractivity contribution in [3.05, 3.63) is 52.3 Å². The molecular weight excluding hydrogens is 294 g/mol. The van der Waals surface area contributed by atoms with Crippen LogP contribution in [0.3, 0.4) is 0 Å². The first-order chi connectivity index (χ1) is 10.0. The number of fused-ring (bicyclic) bond motifs is 1. The smallest absolute Gasteiger partial charge is 0.182 e. The van der Waals surface area contributed by atoms with Gasteiger partial charge in [-0.05, 0) is 42.9 Å². The first-order valence-corrected chi connectivity index (χ1v) is 6.67. The number of methoxy groups -OCH3 is 1. The number of aromatic nitrogens is 2. The average molecular weight is 306 g/mol. The lowest BCUT2D eigenvalue weighted by Crippen LogP contribution is -1.98. The van der Waals surface area contributed by atoms with Gasteiger partial charge in [-0.25, -0.2) is 8.78 Å². The van der Waals surface area contributed by atoms with Crippen LogP contribution in [-0.2, 0) is 0 Å². The van der Waals surface area contributed by atoms with Crippen LogP contribution in [0.25, 0.3) is 16.7 Å². The van der Waals surface area contributed by atoms with Gasteiger partial charge in [0, 0.05) is 12.1 Å². The number of halogens is 2. The molecule has 3 aromatic rings. The standard InChI is InChI=1S/C15H12F2N2OS/c1-8-5-9(16)3-4-12(8)19-13-7-14(20-2)10(17)6-11(13)18-15(19)21/h3-7H,1-2H3,(H,18,21). The number of nitrogens with zero attached hydrogens (tertiary/aromatic N) is 1. The number of imidazole rings is 1. The van der Waals surface area contributed by atoms with Gasteiger partial charge in [-0.1, -0.05) is 0 Å². The van der Waals surface area contributed by atoms with E-state index < -0.39 is 5.82 Å². The molecule has 0 saturated carbocycles. The fourth-order valence-corrected chi connectivity index (χ4v) is 2.68. The van der Waals surface area contributed by atoms with Crippen LogP contribution in [0.2, 0.25) is 0 Å². The minimum atomic E-state index is -0.468. The number of aryl methyl sites for hydroxylation is 1. The second-order valence-corrected chi connectivity index (χ2v) is 5.09. The van der Waals surface area contributed by atoms with Gasteiger partial charge in [0.25, 0.3) is 0 Å². The molecule has 0 bridgehead atoms. The van der Waals surface area contributed by atoms with Gasteiger partial charge >= 0.3 is 0 Å². The Balaban J connectivity index is 2.36. The van der Waals surface area contributed by atoms with Crippen LogP contribution in [0.1, 0.15) is 5.56 Å². The van der Waals surface area contributed by atoms with Crippen molar-refractivity contribution in [1.29, 1.82) is 0 Å². The minimum absolute atomic E-state index is 0.130. The topological polar surface area (TPSA) is 29.9 Å². The molecule has 0 fully saturated rings. The molecule has 3 rings (SSSR count). The Labute approximate surface area is 124 Å². The normalized spacial score (nSPS) is 11.0. The summed E-state index contributed by atoms with van der Waals surface area (Å²) < 4.78 is 34.2. The van der Waals surface area contributed by atoms with E-state index in [-0.39, 0.29) is 11.6 Å². The van der Waals surface area contributed by atoms with E-state index in [0.29, 0.717) is 15.8 Å². The monoisotopic (exact) mass is 306 g/mol. The molecule has 0 saturated heterocycles. The van der Waals surface area contributed by atoms with Gasteiger partial charge in [-0.2, -0.15) is 0 Å². The number of ether oxygens (including phenoxy) is 1. The van der Waals surface area contributed by atoms with Crippen LogP contribution in [0.15, 0.2) is 30.3 Å². The van der Waals surface area contributed by atoms with Gasteiger partial charge in [-0.15, -0.1) is 0 Å². The summed E-state index contributed by atoms with van der Waals surface area (Å²) in [7, 11) is 1.40. The Morgan fingerprint density at radius 1 is 1.19 bits per heavy atom. The van der Waals surface area contributed by atoms with E-state index in [4.69, 9.17) is 17.0 Å². The van der Waals surface area contributed by atoms with E-state index in [9.17, 15) is 8.78 Å². The molecule has 0 spiro atoms. The Kier molecular flexibility index (Phi) is 3.25. The summed E-state index contributed by atoms with van der Waals surface area (Å²) in [4.78, 5) is 2.95. The summed E-state index contributed by atoms with van der Waals surface area (Å²) in [5, 5.41) is 0. The lowest BCUT2D eigenvalue weighted by molar-refractivity contribution is 0.387. The Bertz CT molecular complexity index is 899. The zero-order valence-electron chi connectivity index (χ0n) is 11.4. The van der Waals surface area contributed by atoms with E-state index in [2.05, 4.69) is 4.98 Å². The first kappa shape index (κ1) is 13.8. The third kappa shape index (κ3) is 2.21. The molecule has 21 heavy (non-hydrogen) atoms. The molecule has 3 nitrogen and oxygen atoms in total. The molecule has 108 valence electrons. The van der Waals surface area contributed by atoms with Crippen molar-refractivity contribution in [1.82, 2.24) is 9.55 Å².